The molecular weight excluding hydrogens is 214 g/mol. The lowest BCUT2D eigenvalue weighted by Crippen LogP contribution is -2.23. The first-order chi connectivity index (χ1) is 8.16. The highest BCUT2D eigenvalue weighted by Crippen LogP contribution is 2.25. The number of anilines is 2. The third kappa shape index (κ3) is 2.90. The van der Waals surface area contributed by atoms with Crippen molar-refractivity contribution < 1.29 is 4.79 Å². The molecule has 1 saturated carbocycles. The summed E-state index contributed by atoms with van der Waals surface area (Å²) >= 11 is 0. The van der Waals surface area contributed by atoms with Gasteiger partial charge in [0.1, 0.15) is 0 Å². The predicted molar refractivity (Wildman–Crippen MR) is 69.9 cm³/mol. The SMILES string of the molecule is NC(=O)c1ccc(N)c(NC2CCCCC2)c1. The van der Waals surface area contributed by atoms with E-state index in [-0.39, 0.29) is 0 Å². The van der Waals surface area contributed by atoms with Crippen LogP contribution >= 0.6 is 0 Å². The third-order valence-electron chi connectivity index (χ3n) is 3.30. The van der Waals surface area contributed by atoms with Gasteiger partial charge >= 0.3 is 0 Å². The van der Waals surface area contributed by atoms with Crippen molar-refractivity contribution in [2.75, 3.05) is 11.1 Å². The summed E-state index contributed by atoms with van der Waals surface area (Å²) in [6.45, 7) is 0. The molecule has 0 saturated heterocycles. The predicted octanol–water partition coefficient (Wildman–Crippen LogP) is 2.11. The van der Waals surface area contributed by atoms with Gasteiger partial charge in [-0.3, -0.25) is 4.79 Å². The Morgan fingerprint density at radius 2 is 1.94 bits per heavy atom. The van der Waals surface area contributed by atoms with E-state index < -0.39 is 5.91 Å². The van der Waals surface area contributed by atoms with Crippen molar-refractivity contribution in [3.63, 3.8) is 0 Å². The largest absolute Gasteiger partial charge is 0.397 e. The van der Waals surface area contributed by atoms with Gasteiger partial charge in [0.25, 0.3) is 0 Å². The lowest BCUT2D eigenvalue weighted by atomic mass is 9.95. The number of rotatable bonds is 3. The van der Waals surface area contributed by atoms with Crippen LogP contribution < -0.4 is 16.8 Å². The van der Waals surface area contributed by atoms with Crippen molar-refractivity contribution in [2.45, 2.75) is 38.1 Å². The maximum Gasteiger partial charge on any atom is 0.248 e. The summed E-state index contributed by atoms with van der Waals surface area (Å²) in [6.07, 6.45) is 6.16. The number of hydrogen-bond acceptors (Lipinski definition) is 3. The minimum atomic E-state index is -0.420. The van der Waals surface area contributed by atoms with Crippen molar-refractivity contribution >= 4 is 17.3 Å². The molecule has 1 aliphatic rings. The monoisotopic (exact) mass is 233 g/mol. The summed E-state index contributed by atoms with van der Waals surface area (Å²) < 4.78 is 0. The van der Waals surface area contributed by atoms with Crippen molar-refractivity contribution in [2.24, 2.45) is 5.73 Å². The van der Waals surface area contributed by atoms with Crippen LogP contribution in [0.2, 0.25) is 0 Å². The molecule has 17 heavy (non-hydrogen) atoms. The highest BCUT2D eigenvalue weighted by Gasteiger charge is 2.14. The number of nitrogens with one attached hydrogen (secondary N) is 1. The van der Waals surface area contributed by atoms with Gasteiger partial charge in [0.15, 0.2) is 0 Å². The van der Waals surface area contributed by atoms with Crippen LogP contribution in [0.25, 0.3) is 0 Å². The number of amides is 1. The fourth-order valence-electron chi connectivity index (χ4n) is 2.30. The quantitative estimate of drug-likeness (QED) is 0.699. The Hall–Kier alpha value is -1.71. The van der Waals surface area contributed by atoms with Crippen LogP contribution in [0.3, 0.4) is 0 Å². The van der Waals surface area contributed by atoms with Crippen LogP contribution in [0.5, 0.6) is 0 Å². The topological polar surface area (TPSA) is 81.1 Å². The van der Waals surface area contributed by atoms with Gasteiger partial charge in [-0.15, -0.1) is 0 Å². The molecule has 0 heterocycles. The van der Waals surface area contributed by atoms with E-state index in [2.05, 4.69) is 5.32 Å². The number of hydrogen-bond donors (Lipinski definition) is 3. The van der Waals surface area contributed by atoms with Crippen molar-refractivity contribution in [1.29, 1.82) is 0 Å². The van der Waals surface area contributed by atoms with Crippen molar-refractivity contribution in [1.82, 2.24) is 0 Å². The van der Waals surface area contributed by atoms with E-state index in [0.29, 0.717) is 17.3 Å². The molecule has 0 radical (unpaired) electrons. The average Bonchev–Trinajstić information content (AvgIpc) is 2.33. The van der Waals surface area contributed by atoms with E-state index in [1.54, 1.807) is 18.2 Å². The second-order valence-corrected chi connectivity index (χ2v) is 4.65. The van der Waals surface area contributed by atoms with Crippen LogP contribution in [-0.4, -0.2) is 11.9 Å². The van der Waals surface area contributed by atoms with Gasteiger partial charge in [-0.1, -0.05) is 19.3 Å². The van der Waals surface area contributed by atoms with E-state index in [4.69, 9.17) is 11.5 Å². The molecule has 0 unspecified atom stereocenters. The van der Waals surface area contributed by atoms with Crippen molar-refractivity contribution in [3.8, 4) is 0 Å². The molecule has 0 spiro atoms. The first-order valence-corrected chi connectivity index (χ1v) is 6.12. The smallest absolute Gasteiger partial charge is 0.248 e. The maximum absolute atomic E-state index is 11.1. The third-order valence-corrected chi connectivity index (χ3v) is 3.30. The number of benzene rings is 1. The molecule has 1 aromatic carbocycles. The summed E-state index contributed by atoms with van der Waals surface area (Å²) in [5.74, 6) is -0.420. The summed E-state index contributed by atoms with van der Waals surface area (Å²) in [5.41, 5.74) is 13.1. The molecule has 2 rings (SSSR count). The van der Waals surface area contributed by atoms with Crippen LogP contribution in [0.4, 0.5) is 11.4 Å². The average molecular weight is 233 g/mol. The molecule has 5 N–H and O–H groups in total. The summed E-state index contributed by atoms with van der Waals surface area (Å²) in [7, 11) is 0. The zero-order chi connectivity index (χ0) is 12.3. The number of nitrogen functional groups attached to an aromatic ring is 1. The van der Waals surface area contributed by atoms with Crippen LogP contribution in [0, 0.1) is 0 Å². The van der Waals surface area contributed by atoms with Crippen LogP contribution in [0.15, 0.2) is 18.2 Å². The number of nitrogens with two attached hydrogens (primary N) is 2. The lowest BCUT2D eigenvalue weighted by Gasteiger charge is -2.24. The van der Waals surface area contributed by atoms with Crippen LogP contribution in [-0.2, 0) is 0 Å². The van der Waals surface area contributed by atoms with Gasteiger partial charge < -0.3 is 16.8 Å². The second kappa shape index (κ2) is 5.08. The van der Waals surface area contributed by atoms with Gasteiger partial charge in [-0.2, -0.15) is 0 Å². The Morgan fingerprint density at radius 1 is 1.24 bits per heavy atom. The summed E-state index contributed by atoms with van der Waals surface area (Å²) in [5, 5.41) is 3.41. The van der Waals surface area contributed by atoms with Gasteiger partial charge in [-0.05, 0) is 31.0 Å². The Bertz CT molecular complexity index is 411. The van der Waals surface area contributed by atoms with E-state index in [9.17, 15) is 4.79 Å². The van der Waals surface area contributed by atoms with Crippen LogP contribution in [0.1, 0.15) is 42.5 Å². The van der Waals surface area contributed by atoms with Gasteiger partial charge in [0.05, 0.1) is 11.4 Å². The minimum Gasteiger partial charge on any atom is -0.397 e. The van der Waals surface area contributed by atoms with E-state index in [1.165, 1.54) is 32.1 Å². The Labute approximate surface area is 101 Å². The fraction of sp³-hybridized carbons (Fsp3) is 0.462. The summed E-state index contributed by atoms with van der Waals surface area (Å²) in [4.78, 5) is 11.1. The van der Waals surface area contributed by atoms with E-state index in [1.807, 2.05) is 0 Å². The summed E-state index contributed by atoms with van der Waals surface area (Å²) in [6, 6.07) is 5.59. The molecule has 1 amide bonds. The van der Waals surface area contributed by atoms with E-state index >= 15 is 0 Å². The molecule has 1 aromatic rings. The molecule has 0 atom stereocenters. The second-order valence-electron chi connectivity index (χ2n) is 4.65. The van der Waals surface area contributed by atoms with Crippen molar-refractivity contribution in [3.05, 3.63) is 23.8 Å². The standard InChI is InChI=1S/C13H19N3O/c14-11-7-6-9(13(15)17)8-12(11)16-10-4-2-1-3-5-10/h6-8,10,16H,1-5,14H2,(H2,15,17). The maximum atomic E-state index is 11.1. The molecule has 1 aliphatic carbocycles. The normalized spacial score (nSPS) is 16.7. The van der Waals surface area contributed by atoms with Gasteiger partial charge in [-0.25, -0.2) is 0 Å². The Morgan fingerprint density at radius 3 is 2.59 bits per heavy atom. The van der Waals surface area contributed by atoms with E-state index in [0.717, 1.165) is 5.69 Å². The minimum absolute atomic E-state index is 0.420. The molecule has 4 nitrogen and oxygen atoms in total. The Balaban J connectivity index is 2.13. The first kappa shape index (κ1) is 11.8. The Kier molecular flexibility index (Phi) is 3.52. The molecule has 0 aliphatic heterocycles. The van der Waals surface area contributed by atoms with Gasteiger partial charge in [0.2, 0.25) is 5.91 Å². The molecule has 4 heteroatoms. The zero-order valence-electron chi connectivity index (χ0n) is 9.91. The highest BCUT2D eigenvalue weighted by atomic mass is 16.1. The number of carbonyl (C=O) groups is 1. The number of primary amides is 1. The first-order valence-electron chi connectivity index (χ1n) is 6.12. The molecule has 92 valence electrons. The fourth-order valence-corrected chi connectivity index (χ4v) is 2.30. The zero-order valence-corrected chi connectivity index (χ0v) is 9.91. The molecular formula is C13H19N3O. The lowest BCUT2D eigenvalue weighted by molar-refractivity contribution is 0.100. The van der Waals surface area contributed by atoms with Gasteiger partial charge in [0, 0.05) is 11.6 Å². The number of carbonyl (C=O) groups excluding carboxylic acids is 1. The molecule has 1 fully saturated rings. The molecule has 0 aromatic heterocycles. The molecule has 0 bridgehead atoms. The highest BCUT2D eigenvalue weighted by molar-refractivity contribution is 5.94.